The molecule has 0 unspecified atom stereocenters. The molecular weight excluding hydrogens is 208 g/mol. The standard InChI is InChI=1S/C12H12O4/c1-7-4-3-5-8(2)11(7)9(13)6-10(14)12(15)16/h3-6,13H,1-2H3,(H,15,16)/p-1. The zero-order valence-electron chi connectivity index (χ0n) is 8.98. The molecule has 0 saturated carbocycles. The molecule has 4 nitrogen and oxygen atoms in total. The molecule has 0 heterocycles. The van der Waals surface area contributed by atoms with Gasteiger partial charge in [-0.15, -0.1) is 0 Å². The van der Waals surface area contributed by atoms with Crippen molar-refractivity contribution in [2.45, 2.75) is 13.8 Å². The van der Waals surface area contributed by atoms with Crippen molar-refractivity contribution in [1.82, 2.24) is 0 Å². The number of carbonyl (C=O) groups excluding carboxylic acids is 1. The summed E-state index contributed by atoms with van der Waals surface area (Å²) in [5, 5.41) is 20.0. The third kappa shape index (κ3) is 2.48. The van der Waals surface area contributed by atoms with E-state index in [1.54, 1.807) is 32.0 Å². The van der Waals surface area contributed by atoms with Crippen molar-refractivity contribution in [3.05, 3.63) is 41.0 Å². The number of hydrogen-bond acceptors (Lipinski definition) is 3. The van der Waals surface area contributed by atoms with Crippen molar-refractivity contribution in [3.63, 3.8) is 0 Å². The van der Waals surface area contributed by atoms with Crippen LogP contribution in [0.5, 0.6) is 0 Å². The van der Waals surface area contributed by atoms with Gasteiger partial charge in [-0.3, -0.25) is 4.79 Å². The average Bonchev–Trinajstić information content (AvgIpc) is 2.16. The first-order chi connectivity index (χ1) is 7.43. The van der Waals surface area contributed by atoms with E-state index in [0.717, 1.165) is 11.1 Å². The smallest absolute Gasteiger partial charge is 0.376 e. The highest BCUT2D eigenvalue weighted by Crippen LogP contribution is 2.18. The first-order valence-corrected chi connectivity index (χ1v) is 4.66. The molecule has 0 aliphatic heterocycles. The molecule has 0 atom stereocenters. The monoisotopic (exact) mass is 219 g/mol. The molecule has 1 rings (SSSR count). The van der Waals surface area contributed by atoms with Gasteiger partial charge < -0.3 is 10.2 Å². The number of carbonyl (C=O) groups is 2. The Bertz CT molecular complexity index is 452. The molecule has 0 fully saturated rings. The largest absolute Gasteiger partial charge is 0.872 e. The van der Waals surface area contributed by atoms with E-state index < -0.39 is 17.5 Å². The van der Waals surface area contributed by atoms with Crippen LogP contribution in [0, 0.1) is 13.8 Å². The van der Waals surface area contributed by atoms with Gasteiger partial charge in [0.25, 0.3) is 5.78 Å². The number of carboxylic acids is 1. The Kier molecular flexibility index (Phi) is 3.45. The Morgan fingerprint density at radius 1 is 1.25 bits per heavy atom. The summed E-state index contributed by atoms with van der Waals surface area (Å²) >= 11 is 0. The highest BCUT2D eigenvalue weighted by Gasteiger charge is 2.08. The van der Waals surface area contributed by atoms with Crippen LogP contribution in [0.2, 0.25) is 0 Å². The fourth-order valence-corrected chi connectivity index (χ4v) is 1.46. The van der Waals surface area contributed by atoms with Crippen LogP contribution in [0.25, 0.3) is 5.76 Å². The number of hydrogen-bond donors (Lipinski definition) is 1. The molecule has 0 spiro atoms. The molecule has 0 aromatic heterocycles. The van der Waals surface area contributed by atoms with E-state index in [0.29, 0.717) is 11.6 Å². The van der Waals surface area contributed by atoms with Crippen molar-refractivity contribution in [3.8, 4) is 0 Å². The number of rotatable bonds is 3. The Morgan fingerprint density at radius 2 is 1.75 bits per heavy atom. The fraction of sp³-hybridized carbons (Fsp3) is 0.167. The van der Waals surface area contributed by atoms with Gasteiger partial charge in [-0.25, -0.2) is 4.79 Å². The Morgan fingerprint density at radius 3 is 2.19 bits per heavy atom. The first kappa shape index (κ1) is 12.0. The van der Waals surface area contributed by atoms with Crippen molar-refractivity contribution < 1.29 is 19.8 Å². The lowest BCUT2D eigenvalue weighted by atomic mass is 10.0. The van der Waals surface area contributed by atoms with Crippen molar-refractivity contribution in [2.24, 2.45) is 0 Å². The molecule has 0 saturated heterocycles. The minimum atomic E-state index is -1.63. The first-order valence-electron chi connectivity index (χ1n) is 4.66. The molecule has 0 aliphatic carbocycles. The van der Waals surface area contributed by atoms with Crippen LogP contribution in [0.1, 0.15) is 16.7 Å². The number of carboxylic acid groups (broad SMARTS) is 1. The summed E-state index contributed by atoms with van der Waals surface area (Å²) in [6.45, 7) is 3.47. The molecule has 1 N–H and O–H groups in total. The van der Waals surface area contributed by atoms with Gasteiger partial charge in [-0.05, 0) is 36.6 Å². The summed E-state index contributed by atoms with van der Waals surface area (Å²) in [4.78, 5) is 21.2. The SMILES string of the molecule is Cc1cccc(C)c1C([O-])=CC(=O)C(=O)O. The zero-order valence-corrected chi connectivity index (χ0v) is 8.98. The molecule has 0 bridgehead atoms. The summed E-state index contributed by atoms with van der Waals surface area (Å²) in [6, 6.07) is 5.26. The van der Waals surface area contributed by atoms with Gasteiger partial charge in [-0.2, -0.15) is 0 Å². The third-order valence-electron chi connectivity index (χ3n) is 2.20. The van der Waals surface area contributed by atoms with Gasteiger partial charge in [0.1, 0.15) is 0 Å². The van der Waals surface area contributed by atoms with Gasteiger partial charge >= 0.3 is 5.97 Å². The van der Waals surface area contributed by atoms with E-state index in [1.807, 2.05) is 0 Å². The average molecular weight is 219 g/mol. The number of ketones is 1. The van der Waals surface area contributed by atoms with E-state index in [9.17, 15) is 14.7 Å². The molecular formula is C12H11O4-. The van der Waals surface area contributed by atoms with Crippen LogP contribution >= 0.6 is 0 Å². The lowest BCUT2D eigenvalue weighted by molar-refractivity contribution is -0.244. The second kappa shape index (κ2) is 4.61. The highest BCUT2D eigenvalue weighted by molar-refractivity contribution is 6.38. The van der Waals surface area contributed by atoms with Crippen molar-refractivity contribution in [2.75, 3.05) is 0 Å². The number of aryl methyl sites for hydroxylation is 2. The van der Waals surface area contributed by atoms with Gasteiger partial charge in [0, 0.05) is 0 Å². The summed E-state index contributed by atoms with van der Waals surface area (Å²) in [5.74, 6) is -3.39. The van der Waals surface area contributed by atoms with E-state index in [2.05, 4.69) is 0 Å². The van der Waals surface area contributed by atoms with Gasteiger partial charge in [-0.1, -0.05) is 24.0 Å². The lowest BCUT2D eigenvalue weighted by Gasteiger charge is -2.17. The lowest BCUT2D eigenvalue weighted by Crippen LogP contribution is -2.14. The third-order valence-corrected chi connectivity index (χ3v) is 2.20. The molecule has 84 valence electrons. The molecule has 16 heavy (non-hydrogen) atoms. The number of benzene rings is 1. The van der Waals surface area contributed by atoms with Crippen molar-refractivity contribution >= 4 is 17.5 Å². The highest BCUT2D eigenvalue weighted by atomic mass is 16.4. The summed E-state index contributed by atoms with van der Waals surface area (Å²) in [7, 11) is 0. The minimum Gasteiger partial charge on any atom is -0.872 e. The molecule has 1 aromatic carbocycles. The fourth-order valence-electron chi connectivity index (χ4n) is 1.46. The second-order valence-corrected chi connectivity index (χ2v) is 3.44. The van der Waals surface area contributed by atoms with E-state index >= 15 is 0 Å². The molecule has 0 amide bonds. The summed E-state index contributed by atoms with van der Waals surface area (Å²) < 4.78 is 0. The Labute approximate surface area is 92.8 Å². The maximum atomic E-state index is 11.7. The Balaban J connectivity index is 3.19. The van der Waals surface area contributed by atoms with Crippen LogP contribution in [0.15, 0.2) is 24.3 Å². The minimum absolute atomic E-state index is 0.386. The van der Waals surface area contributed by atoms with Crippen molar-refractivity contribution in [1.29, 1.82) is 0 Å². The molecule has 1 aromatic rings. The molecule has 0 radical (unpaired) electrons. The van der Waals surface area contributed by atoms with Crippen LogP contribution in [0.3, 0.4) is 0 Å². The zero-order chi connectivity index (χ0) is 12.3. The quantitative estimate of drug-likeness (QED) is 0.460. The predicted octanol–water partition coefficient (Wildman–Crippen LogP) is 0.658. The van der Waals surface area contributed by atoms with Gasteiger partial charge in [0.2, 0.25) is 0 Å². The van der Waals surface area contributed by atoms with E-state index in [1.165, 1.54) is 0 Å². The van der Waals surface area contributed by atoms with Crippen LogP contribution in [-0.4, -0.2) is 16.9 Å². The van der Waals surface area contributed by atoms with E-state index in [4.69, 9.17) is 5.11 Å². The summed E-state index contributed by atoms with van der Waals surface area (Å²) in [5.41, 5.74) is 1.83. The topological polar surface area (TPSA) is 77.4 Å². The normalized spacial score (nSPS) is 11.2. The van der Waals surface area contributed by atoms with Gasteiger partial charge in [0.05, 0.1) is 0 Å². The van der Waals surface area contributed by atoms with E-state index in [-0.39, 0.29) is 0 Å². The maximum Gasteiger partial charge on any atom is 0.376 e. The number of aliphatic carboxylic acids is 1. The second-order valence-electron chi connectivity index (χ2n) is 3.44. The van der Waals surface area contributed by atoms with Crippen LogP contribution < -0.4 is 5.11 Å². The maximum absolute atomic E-state index is 11.7. The van der Waals surface area contributed by atoms with Crippen LogP contribution in [0.4, 0.5) is 0 Å². The summed E-state index contributed by atoms with van der Waals surface area (Å²) in [6.07, 6.45) is 0.609. The molecule has 0 aliphatic rings. The van der Waals surface area contributed by atoms with Gasteiger partial charge in [0.15, 0.2) is 0 Å². The Hall–Kier alpha value is -2.10. The predicted molar refractivity (Wildman–Crippen MR) is 56.5 cm³/mol. The molecule has 4 heteroatoms. The van der Waals surface area contributed by atoms with Crippen LogP contribution in [-0.2, 0) is 9.59 Å².